The minimum atomic E-state index is -1.11. The molecule has 106 valence electrons. The summed E-state index contributed by atoms with van der Waals surface area (Å²) in [4.78, 5) is 41.1. The molecule has 1 aromatic heterocycles. The fourth-order valence-electron chi connectivity index (χ4n) is 2.14. The number of nitrogens with zero attached hydrogens (tertiary/aromatic N) is 3. The van der Waals surface area contributed by atoms with E-state index in [0.717, 1.165) is 12.8 Å². The van der Waals surface area contributed by atoms with Crippen LogP contribution in [0.15, 0.2) is 0 Å². The summed E-state index contributed by atoms with van der Waals surface area (Å²) < 4.78 is 0. The Morgan fingerprint density at radius 1 is 1.35 bits per heavy atom. The third-order valence-corrected chi connectivity index (χ3v) is 3.69. The van der Waals surface area contributed by atoms with Crippen LogP contribution >= 0.6 is 0 Å². The summed E-state index contributed by atoms with van der Waals surface area (Å²) in [5.41, 5.74) is -1.11. The van der Waals surface area contributed by atoms with Gasteiger partial charge in [-0.2, -0.15) is 0 Å². The first kappa shape index (κ1) is 12.8. The smallest absolute Gasteiger partial charge is 0.294 e. The van der Waals surface area contributed by atoms with Crippen molar-refractivity contribution in [1.29, 1.82) is 0 Å². The molecule has 1 aliphatic carbocycles. The molecule has 1 saturated carbocycles. The molecule has 3 rings (SSSR count). The summed E-state index contributed by atoms with van der Waals surface area (Å²) in [6.45, 7) is 2.99. The number of nitrogens with one attached hydrogen (secondary N) is 2. The van der Waals surface area contributed by atoms with Gasteiger partial charge in [0.05, 0.1) is 0 Å². The molecule has 8 nitrogen and oxygen atoms in total. The number of hydrogen-bond acceptors (Lipinski definition) is 5. The number of aromatic nitrogens is 3. The summed E-state index contributed by atoms with van der Waals surface area (Å²) in [7, 11) is 0. The molecule has 0 bridgehead atoms. The lowest BCUT2D eigenvalue weighted by Gasteiger charge is -2.39. The quantitative estimate of drug-likeness (QED) is 0.712. The SMILES string of the molecule is CC1(C)C(=O)NC(=O)CN1C(=O)c1n[nH]c(C2CC2)n1. The van der Waals surface area contributed by atoms with E-state index >= 15 is 0 Å². The molecule has 0 aromatic carbocycles. The van der Waals surface area contributed by atoms with Crippen LogP contribution in [-0.2, 0) is 9.59 Å². The van der Waals surface area contributed by atoms with Gasteiger partial charge in [0.2, 0.25) is 11.7 Å². The molecule has 1 aliphatic heterocycles. The van der Waals surface area contributed by atoms with Crippen molar-refractivity contribution >= 4 is 17.7 Å². The van der Waals surface area contributed by atoms with Gasteiger partial charge in [-0.1, -0.05) is 0 Å². The van der Waals surface area contributed by atoms with E-state index in [4.69, 9.17) is 0 Å². The lowest BCUT2D eigenvalue weighted by atomic mass is 9.98. The van der Waals surface area contributed by atoms with Crippen molar-refractivity contribution in [3.63, 3.8) is 0 Å². The van der Waals surface area contributed by atoms with Crippen molar-refractivity contribution in [2.24, 2.45) is 0 Å². The molecule has 1 saturated heterocycles. The zero-order valence-electron chi connectivity index (χ0n) is 11.3. The van der Waals surface area contributed by atoms with Crippen LogP contribution in [0.1, 0.15) is 49.1 Å². The van der Waals surface area contributed by atoms with Crippen molar-refractivity contribution in [3.05, 3.63) is 11.6 Å². The van der Waals surface area contributed by atoms with Crippen LogP contribution in [0.2, 0.25) is 0 Å². The Kier molecular flexibility index (Phi) is 2.63. The molecule has 2 heterocycles. The molecule has 1 aromatic rings. The Labute approximate surface area is 114 Å². The lowest BCUT2D eigenvalue weighted by molar-refractivity contribution is -0.143. The zero-order valence-corrected chi connectivity index (χ0v) is 11.3. The zero-order chi connectivity index (χ0) is 14.5. The molecule has 0 unspecified atom stereocenters. The molecule has 0 radical (unpaired) electrons. The first-order valence-electron chi connectivity index (χ1n) is 6.48. The molecule has 0 atom stereocenters. The Bertz CT molecular complexity index is 602. The van der Waals surface area contributed by atoms with Crippen molar-refractivity contribution < 1.29 is 14.4 Å². The van der Waals surface area contributed by atoms with Gasteiger partial charge in [0.1, 0.15) is 17.9 Å². The third kappa shape index (κ3) is 1.97. The standard InChI is InChI=1S/C12H15N5O3/c1-12(2)11(20)13-7(18)5-17(12)10(19)9-14-8(15-16-9)6-3-4-6/h6H,3-5H2,1-2H3,(H,13,18,20)(H,14,15,16). The Morgan fingerprint density at radius 3 is 2.70 bits per heavy atom. The van der Waals surface area contributed by atoms with Crippen molar-refractivity contribution in [1.82, 2.24) is 25.4 Å². The van der Waals surface area contributed by atoms with Gasteiger partial charge in [-0.05, 0) is 26.7 Å². The number of carbonyl (C=O) groups excluding carboxylic acids is 3. The number of aromatic amines is 1. The fraction of sp³-hybridized carbons (Fsp3) is 0.583. The largest absolute Gasteiger partial charge is 0.312 e. The molecule has 2 aliphatic rings. The molecule has 3 amide bonds. The predicted octanol–water partition coefficient (Wildman–Crippen LogP) is -0.441. The number of amides is 3. The summed E-state index contributed by atoms with van der Waals surface area (Å²) in [5.74, 6) is -0.466. The van der Waals surface area contributed by atoms with Crippen LogP contribution in [0.5, 0.6) is 0 Å². The second-order valence-corrected chi connectivity index (χ2v) is 5.65. The predicted molar refractivity (Wildman–Crippen MR) is 66.6 cm³/mol. The van der Waals surface area contributed by atoms with E-state index in [1.807, 2.05) is 0 Å². The minimum Gasteiger partial charge on any atom is -0.312 e. The monoisotopic (exact) mass is 277 g/mol. The number of carbonyl (C=O) groups is 3. The first-order chi connectivity index (χ1) is 9.39. The van der Waals surface area contributed by atoms with Crippen LogP contribution in [0.25, 0.3) is 0 Å². The number of rotatable bonds is 2. The molecular formula is C12H15N5O3. The van der Waals surface area contributed by atoms with E-state index in [1.165, 1.54) is 4.90 Å². The molecule has 0 spiro atoms. The average Bonchev–Trinajstić information content (AvgIpc) is 3.11. The summed E-state index contributed by atoms with van der Waals surface area (Å²) in [6, 6.07) is 0. The number of imide groups is 1. The van der Waals surface area contributed by atoms with E-state index in [1.54, 1.807) is 13.8 Å². The van der Waals surface area contributed by atoms with E-state index in [0.29, 0.717) is 11.7 Å². The Balaban J connectivity index is 1.87. The average molecular weight is 277 g/mol. The molecular weight excluding hydrogens is 262 g/mol. The highest BCUT2D eigenvalue weighted by Gasteiger charge is 2.45. The van der Waals surface area contributed by atoms with Crippen molar-refractivity contribution in [2.45, 2.75) is 38.1 Å². The van der Waals surface area contributed by atoms with Gasteiger partial charge >= 0.3 is 0 Å². The lowest BCUT2D eigenvalue weighted by Crippen LogP contribution is -2.65. The van der Waals surface area contributed by atoms with Crippen LogP contribution < -0.4 is 5.32 Å². The van der Waals surface area contributed by atoms with Gasteiger partial charge in [0.15, 0.2) is 0 Å². The van der Waals surface area contributed by atoms with Gasteiger partial charge in [-0.15, -0.1) is 5.10 Å². The van der Waals surface area contributed by atoms with E-state index < -0.39 is 23.3 Å². The highest BCUT2D eigenvalue weighted by Crippen LogP contribution is 2.37. The van der Waals surface area contributed by atoms with Crippen LogP contribution in [0.3, 0.4) is 0 Å². The topological polar surface area (TPSA) is 108 Å². The van der Waals surface area contributed by atoms with Crippen molar-refractivity contribution in [3.8, 4) is 0 Å². The Morgan fingerprint density at radius 2 is 2.05 bits per heavy atom. The van der Waals surface area contributed by atoms with E-state index in [-0.39, 0.29) is 12.4 Å². The number of H-pyrrole nitrogens is 1. The third-order valence-electron chi connectivity index (χ3n) is 3.69. The molecule has 2 fully saturated rings. The number of hydrogen-bond donors (Lipinski definition) is 2. The minimum absolute atomic E-state index is 0.00229. The molecule has 8 heteroatoms. The maximum atomic E-state index is 12.4. The van der Waals surface area contributed by atoms with Gasteiger partial charge in [-0.3, -0.25) is 24.8 Å². The van der Waals surface area contributed by atoms with Gasteiger partial charge in [0, 0.05) is 5.92 Å². The summed E-state index contributed by atoms with van der Waals surface area (Å²) in [5, 5.41) is 8.86. The first-order valence-corrected chi connectivity index (χ1v) is 6.48. The van der Waals surface area contributed by atoms with Crippen LogP contribution in [-0.4, -0.2) is 49.9 Å². The van der Waals surface area contributed by atoms with Crippen molar-refractivity contribution in [2.75, 3.05) is 6.54 Å². The summed E-state index contributed by atoms with van der Waals surface area (Å²) in [6.07, 6.45) is 2.08. The Hall–Kier alpha value is -2.25. The highest BCUT2D eigenvalue weighted by molar-refractivity contribution is 6.08. The maximum Gasteiger partial charge on any atom is 0.294 e. The fourth-order valence-corrected chi connectivity index (χ4v) is 2.14. The normalized spacial score (nSPS) is 21.8. The number of piperazine rings is 1. The molecule has 20 heavy (non-hydrogen) atoms. The van der Waals surface area contributed by atoms with Gasteiger partial charge in [0.25, 0.3) is 11.8 Å². The highest BCUT2D eigenvalue weighted by atomic mass is 16.2. The second kappa shape index (κ2) is 4.12. The van der Waals surface area contributed by atoms with E-state index in [9.17, 15) is 14.4 Å². The second-order valence-electron chi connectivity index (χ2n) is 5.65. The maximum absolute atomic E-state index is 12.4. The van der Waals surface area contributed by atoms with Gasteiger partial charge < -0.3 is 4.90 Å². The summed E-state index contributed by atoms with van der Waals surface area (Å²) >= 11 is 0. The van der Waals surface area contributed by atoms with Crippen LogP contribution in [0.4, 0.5) is 0 Å². The van der Waals surface area contributed by atoms with E-state index in [2.05, 4.69) is 20.5 Å². The van der Waals surface area contributed by atoms with Gasteiger partial charge in [-0.25, -0.2) is 4.98 Å². The van der Waals surface area contributed by atoms with Crippen LogP contribution in [0, 0.1) is 0 Å². The molecule has 2 N–H and O–H groups in total.